The van der Waals surface area contributed by atoms with Crippen molar-refractivity contribution in [3.8, 4) is 17.4 Å². The fraction of sp³-hybridized carbons (Fsp3) is 0.167. The molecule has 0 unspecified atom stereocenters. The number of carboxylic acids is 1. The normalized spacial score (nSPS) is 10.9. The van der Waals surface area contributed by atoms with Gasteiger partial charge in [-0.15, -0.1) is 0 Å². The average molecular weight is 424 g/mol. The summed E-state index contributed by atoms with van der Waals surface area (Å²) in [5.74, 6) is 0.505. The summed E-state index contributed by atoms with van der Waals surface area (Å²) >= 11 is 6.31. The monoisotopic (exact) mass is 423 g/mol. The molecule has 154 valence electrons. The van der Waals surface area contributed by atoms with E-state index in [1.807, 2.05) is 6.92 Å². The lowest BCUT2D eigenvalue weighted by Gasteiger charge is -2.12. The predicted octanol–water partition coefficient (Wildman–Crippen LogP) is 5.86. The summed E-state index contributed by atoms with van der Waals surface area (Å²) in [5.41, 5.74) is 3.91. The van der Waals surface area contributed by atoms with Gasteiger partial charge in [-0.25, -0.2) is 9.78 Å². The van der Waals surface area contributed by atoms with E-state index in [1.165, 1.54) is 17.2 Å². The molecule has 3 rings (SSSR count). The second-order valence-electron chi connectivity index (χ2n) is 6.84. The molecule has 0 spiro atoms. The first-order chi connectivity index (χ1) is 14.4. The van der Waals surface area contributed by atoms with Crippen LogP contribution in [0.4, 0.5) is 0 Å². The summed E-state index contributed by atoms with van der Waals surface area (Å²) in [6.07, 6.45) is 4.96. The number of carboxylic acid groups (broad SMARTS) is 1. The van der Waals surface area contributed by atoms with Crippen molar-refractivity contribution in [2.45, 2.75) is 20.3 Å². The van der Waals surface area contributed by atoms with Crippen LogP contribution in [0.2, 0.25) is 5.02 Å². The Morgan fingerprint density at radius 2 is 1.90 bits per heavy atom. The fourth-order valence-corrected chi connectivity index (χ4v) is 3.12. The maximum atomic E-state index is 10.7. The Labute approximate surface area is 180 Å². The van der Waals surface area contributed by atoms with Crippen LogP contribution >= 0.6 is 11.6 Å². The number of hydrogen-bond acceptors (Lipinski definition) is 4. The van der Waals surface area contributed by atoms with Crippen molar-refractivity contribution < 1.29 is 19.4 Å². The van der Waals surface area contributed by atoms with Crippen LogP contribution in [0.3, 0.4) is 0 Å². The molecule has 3 aromatic rings. The molecule has 0 saturated heterocycles. The molecule has 30 heavy (non-hydrogen) atoms. The number of benzene rings is 2. The molecule has 0 bridgehead atoms. The van der Waals surface area contributed by atoms with E-state index in [0.717, 1.165) is 18.1 Å². The van der Waals surface area contributed by atoms with Gasteiger partial charge in [0.15, 0.2) is 5.75 Å². The molecule has 5 nitrogen and oxygen atoms in total. The zero-order valence-electron chi connectivity index (χ0n) is 16.8. The highest BCUT2D eigenvalue weighted by molar-refractivity contribution is 6.32. The summed E-state index contributed by atoms with van der Waals surface area (Å²) in [5, 5.41) is 9.12. The van der Waals surface area contributed by atoms with Crippen molar-refractivity contribution in [2.75, 3.05) is 6.61 Å². The lowest BCUT2D eigenvalue weighted by atomic mass is 10.1. The van der Waals surface area contributed by atoms with E-state index >= 15 is 0 Å². The van der Waals surface area contributed by atoms with Crippen molar-refractivity contribution in [2.24, 2.45) is 0 Å². The van der Waals surface area contributed by atoms with Crippen molar-refractivity contribution in [3.63, 3.8) is 0 Å². The van der Waals surface area contributed by atoms with E-state index in [1.54, 1.807) is 30.5 Å². The van der Waals surface area contributed by atoms with Gasteiger partial charge in [0, 0.05) is 18.6 Å². The van der Waals surface area contributed by atoms with Gasteiger partial charge < -0.3 is 14.6 Å². The number of hydrogen-bond donors (Lipinski definition) is 1. The number of aliphatic carboxylic acids is 1. The molecule has 1 heterocycles. The molecule has 0 fully saturated rings. The topological polar surface area (TPSA) is 68.7 Å². The third-order valence-corrected chi connectivity index (χ3v) is 4.65. The van der Waals surface area contributed by atoms with Gasteiger partial charge in [-0.2, -0.15) is 0 Å². The number of nitrogens with zero attached hydrogens (tertiary/aromatic N) is 1. The van der Waals surface area contributed by atoms with Gasteiger partial charge >= 0.3 is 5.97 Å². The Bertz CT molecular complexity index is 1020. The summed E-state index contributed by atoms with van der Waals surface area (Å²) in [6, 6.07) is 15.3. The number of halogens is 1. The van der Waals surface area contributed by atoms with Gasteiger partial charge in [-0.1, -0.05) is 41.4 Å². The summed E-state index contributed by atoms with van der Waals surface area (Å²) in [4.78, 5) is 14.9. The summed E-state index contributed by atoms with van der Waals surface area (Å²) in [7, 11) is 0. The van der Waals surface area contributed by atoms with Crippen LogP contribution in [0.15, 0.2) is 60.8 Å². The van der Waals surface area contributed by atoms with Gasteiger partial charge in [0.25, 0.3) is 0 Å². The number of rotatable bonds is 8. The molecule has 0 atom stereocenters. The highest BCUT2D eigenvalue weighted by Crippen LogP contribution is 2.34. The van der Waals surface area contributed by atoms with Gasteiger partial charge in [0.2, 0.25) is 5.88 Å². The van der Waals surface area contributed by atoms with Crippen LogP contribution < -0.4 is 9.47 Å². The highest BCUT2D eigenvalue weighted by Gasteiger charge is 2.10. The molecule has 6 heteroatoms. The lowest BCUT2D eigenvalue weighted by Crippen LogP contribution is -2.01. The molecule has 0 amide bonds. The Balaban J connectivity index is 1.60. The second-order valence-corrected chi connectivity index (χ2v) is 7.25. The zero-order chi connectivity index (χ0) is 21.5. The largest absolute Gasteiger partial charge is 0.492 e. The van der Waals surface area contributed by atoms with Crippen LogP contribution in [0.25, 0.3) is 6.08 Å². The minimum absolute atomic E-state index is 0.375. The summed E-state index contributed by atoms with van der Waals surface area (Å²) in [6.45, 7) is 4.46. The molecule has 1 N–H and O–H groups in total. The lowest BCUT2D eigenvalue weighted by molar-refractivity contribution is -0.131. The third-order valence-electron chi connectivity index (χ3n) is 4.37. The van der Waals surface area contributed by atoms with Crippen LogP contribution in [0, 0.1) is 13.8 Å². The summed E-state index contributed by atoms with van der Waals surface area (Å²) < 4.78 is 11.6. The minimum Gasteiger partial charge on any atom is -0.492 e. The van der Waals surface area contributed by atoms with Gasteiger partial charge in [0.05, 0.1) is 17.8 Å². The molecular formula is C24H22ClNO4. The molecule has 1 aromatic heterocycles. The fourth-order valence-electron chi connectivity index (χ4n) is 2.81. The number of ether oxygens (including phenoxy) is 2. The SMILES string of the molecule is Cc1ccc(CCOc2ccc(Oc3c(C)cc(/C=C/C(=O)O)cc3Cl)nc2)cc1. The van der Waals surface area contributed by atoms with E-state index in [-0.39, 0.29) is 0 Å². The van der Waals surface area contributed by atoms with E-state index in [4.69, 9.17) is 26.2 Å². The van der Waals surface area contributed by atoms with Crippen LogP contribution in [-0.4, -0.2) is 22.7 Å². The molecule has 0 radical (unpaired) electrons. The zero-order valence-corrected chi connectivity index (χ0v) is 17.5. The maximum absolute atomic E-state index is 10.7. The Morgan fingerprint density at radius 3 is 2.53 bits per heavy atom. The smallest absolute Gasteiger partial charge is 0.328 e. The minimum atomic E-state index is -1.02. The highest BCUT2D eigenvalue weighted by atomic mass is 35.5. The van der Waals surface area contributed by atoms with E-state index in [2.05, 4.69) is 36.2 Å². The Kier molecular flexibility index (Phi) is 7.09. The maximum Gasteiger partial charge on any atom is 0.328 e. The number of aryl methyl sites for hydroxylation is 2. The Hall–Kier alpha value is -3.31. The van der Waals surface area contributed by atoms with Crippen LogP contribution in [-0.2, 0) is 11.2 Å². The molecule has 0 aliphatic rings. The number of pyridine rings is 1. The van der Waals surface area contributed by atoms with Gasteiger partial charge in [-0.3, -0.25) is 0 Å². The molecule has 0 aliphatic heterocycles. The molecule has 0 aliphatic carbocycles. The van der Waals surface area contributed by atoms with Gasteiger partial charge in [-0.05, 0) is 54.8 Å². The standard InChI is InChI=1S/C24H22ClNO4/c1-16-3-5-18(6-4-16)11-12-29-20-8-9-22(26-15-20)30-24-17(2)13-19(14-21(24)25)7-10-23(27)28/h3-10,13-15H,11-12H2,1-2H3,(H,27,28)/b10-7+. The predicted molar refractivity (Wildman–Crippen MR) is 118 cm³/mol. The molecule has 2 aromatic carbocycles. The van der Waals surface area contributed by atoms with E-state index in [9.17, 15) is 4.79 Å². The van der Waals surface area contributed by atoms with Crippen LogP contribution in [0.1, 0.15) is 22.3 Å². The molecule has 0 saturated carbocycles. The third kappa shape index (κ3) is 6.09. The van der Waals surface area contributed by atoms with Crippen LogP contribution in [0.5, 0.6) is 17.4 Å². The Morgan fingerprint density at radius 1 is 1.13 bits per heavy atom. The second kappa shape index (κ2) is 9.94. The van der Waals surface area contributed by atoms with E-state index < -0.39 is 5.97 Å². The quantitative estimate of drug-likeness (QED) is 0.459. The van der Waals surface area contributed by atoms with Crippen molar-refractivity contribution in [1.29, 1.82) is 0 Å². The number of carbonyl (C=O) groups is 1. The van der Waals surface area contributed by atoms with Gasteiger partial charge in [0.1, 0.15) is 5.75 Å². The van der Waals surface area contributed by atoms with E-state index in [0.29, 0.717) is 34.6 Å². The average Bonchev–Trinajstić information content (AvgIpc) is 2.72. The van der Waals surface area contributed by atoms with Crippen molar-refractivity contribution in [3.05, 3.63) is 88.1 Å². The first-order valence-electron chi connectivity index (χ1n) is 9.44. The van der Waals surface area contributed by atoms with Crippen molar-refractivity contribution >= 4 is 23.6 Å². The molecular weight excluding hydrogens is 402 g/mol. The number of aromatic nitrogens is 1. The van der Waals surface area contributed by atoms with Crippen molar-refractivity contribution in [1.82, 2.24) is 4.98 Å². The first-order valence-corrected chi connectivity index (χ1v) is 9.82. The first kappa shape index (κ1) is 21.4.